The number of hydrogen-bond donors (Lipinski definition) is 1. The zero-order chi connectivity index (χ0) is 15.7. The summed E-state index contributed by atoms with van der Waals surface area (Å²) in [6, 6.07) is 8.16. The van der Waals surface area contributed by atoms with E-state index in [0.717, 1.165) is 26.5 Å². The van der Waals surface area contributed by atoms with Gasteiger partial charge in [-0.1, -0.05) is 41.6 Å². The van der Waals surface area contributed by atoms with Crippen LogP contribution < -0.4 is 5.73 Å². The molecule has 0 fully saturated rings. The van der Waals surface area contributed by atoms with Gasteiger partial charge in [-0.2, -0.15) is 0 Å². The molecule has 0 unspecified atom stereocenters. The molecule has 1 amide bonds. The summed E-state index contributed by atoms with van der Waals surface area (Å²) in [4.78, 5) is 15.5. The molecule has 0 saturated heterocycles. The molecule has 5 nitrogen and oxygen atoms in total. The highest BCUT2D eigenvalue weighted by Crippen LogP contribution is 2.35. The van der Waals surface area contributed by atoms with Crippen molar-refractivity contribution in [1.82, 2.24) is 15.2 Å². The van der Waals surface area contributed by atoms with Crippen molar-refractivity contribution in [3.63, 3.8) is 0 Å². The molecule has 0 aliphatic rings. The monoisotopic (exact) mass is 330 g/mol. The second-order valence-electron chi connectivity index (χ2n) is 4.89. The molecule has 0 atom stereocenters. The van der Waals surface area contributed by atoms with Gasteiger partial charge in [-0.3, -0.25) is 4.79 Å². The number of nitrogens with two attached hydrogens (primary N) is 1. The smallest absolute Gasteiger partial charge is 0.227 e. The van der Waals surface area contributed by atoms with Crippen molar-refractivity contribution >= 4 is 39.2 Å². The Morgan fingerprint density at radius 3 is 2.64 bits per heavy atom. The van der Waals surface area contributed by atoms with Crippen LogP contribution in [0.25, 0.3) is 21.5 Å². The van der Waals surface area contributed by atoms with Crippen molar-refractivity contribution < 1.29 is 4.79 Å². The summed E-state index contributed by atoms with van der Waals surface area (Å²) in [6.07, 6.45) is 0. The molecule has 22 heavy (non-hydrogen) atoms. The zero-order valence-corrected chi connectivity index (χ0v) is 13.8. The molecule has 0 radical (unpaired) electrons. The van der Waals surface area contributed by atoms with E-state index in [2.05, 4.69) is 15.2 Å². The predicted octanol–water partition coefficient (Wildman–Crippen LogP) is 2.95. The third-order valence-electron chi connectivity index (χ3n) is 3.07. The molecule has 0 aliphatic heterocycles. The lowest BCUT2D eigenvalue weighted by atomic mass is 10.1. The molecular formula is C15H14N4OS2. The Morgan fingerprint density at radius 2 is 1.95 bits per heavy atom. The highest BCUT2D eigenvalue weighted by atomic mass is 32.2. The van der Waals surface area contributed by atoms with Crippen LogP contribution in [0.2, 0.25) is 0 Å². The Hall–Kier alpha value is -1.99. The SMILES string of the molecule is Cc1ccc(-c2nnc(SCC(N)=O)c3nc(C)sc23)cc1. The number of benzene rings is 1. The van der Waals surface area contributed by atoms with Gasteiger partial charge in [0.1, 0.15) is 16.2 Å². The summed E-state index contributed by atoms with van der Waals surface area (Å²) >= 11 is 2.86. The minimum atomic E-state index is -0.380. The Bertz CT molecular complexity index is 843. The fourth-order valence-corrected chi connectivity index (χ4v) is 3.71. The van der Waals surface area contributed by atoms with Crippen LogP contribution in [0.3, 0.4) is 0 Å². The van der Waals surface area contributed by atoms with Crippen molar-refractivity contribution in [2.45, 2.75) is 18.9 Å². The molecule has 0 bridgehead atoms. The summed E-state index contributed by atoms with van der Waals surface area (Å²) < 4.78 is 0.989. The van der Waals surface area contributed by atoms with Crippen LogP contribution in [-0.2, 0) is 4.79 Å². The third-order valence-corrected chi connectivity index (χ3v) is 5.02. The highest BCUT2D eigenvalue weighted by molar-refractivity contribution is 8.00. The summed E-state index contributed by atoms with van der Waals surface area (Å²) in [5.41, 5.74) is 9.02. The van der Waals surface area contributed by atoms with E-state index in [1.54, 1.807) is 11.3 Å². The first-order chi connectivity index (χ1) is 10.5. The number of primary amides is 1. The van der Waals surface area contributed by atoms with E-state index in [-0.39, 0.29) is 11.7 Å². The maximum atomic E-state index is 11.0. The molecule has 2 N–H and O–H groups in total. The van der Waals surface area contributed by atoms with Gasteiger partial charge in [-0.05, 0) is 13.8 Å². The predicted molar refractivity (Wildman–Crippen MR) is 90.0 cm³/mol. The maximum Gasteiger partial charge on any atom is 0.227 e. The van der Waals surface area contributed by atoms with Crippen LogP contribution in [0.15, 0.2) is 29.3 Å². The number of carbonyl (C=O) groups is 1. The molecular weight excluding hydrogens is 316 g/mol. The Labute approximate surface area is 136 Å². The molecule has 7 heteroatoms. The van der Waals surface area contributed by atoms with Crippen LogP contribution in [0.1, 0.15) is 10.6 Å². The summed E-state index contributed by atoms with van der Waals surface area (Å²) in [5.74, 6) is -0.209. The van der Waals surface area contributed by atoms with E-state index in [1.807, 2.05) is 38.1 Å². The van der Waals surface area contributed by atoms with Crippen molar-refractivity contribution in [3.05, 3.63) is 34.8 Å². The quantitative estimate of drug-likeness (QED) is 0.744. The van der Waals surface area contributed by atoms with Crippen LogP contribution in [-0.4, -0.2) is 26.8 Å². The van der Waals surface area contributed by atoms with Gasteiger partial charge in [0.25, 0.3) is 0 Å². The number of thiazole rings is 1. The zero-order valence-electron chi connectivity index (χ0n) is 12.2. The fraction of sp³-hybridized carbons (Fsp3) is 0.200. The molecule has 0 spiro atoms. The molecule has 112 valence electrons. The lowest BCUT2D eigenvalue weighted by Gasteiger charge is -2.04. The van der Waals surface area contributed by atoms with E-state index in [1.165, 1.54) is 17.3 Å². The standard InChI is InChI=1S/C15H14N4OS2/c1-8-3-5-10(6-4-8)12-14-13(17-9(2)22-14)15(19-18-12)21-7-11(16)20/h3-6H,7H2,1-2H3,(H2,16,20). The van der Waals surface area contributed by atoms with Crippen molar-refractivity contribution in [2.24, 2.45) is 5.73 Å². The minimum absolute atomic E-state index is 0.171. The number of hydrogen-bond acceptors (Lipinski definition) is 6. The number of aryl methyl sites for hydroxylation is 2. The molecule has 2 aromatic heterocycles. The number of amides is 1. The van der Waals surface area contributed by atoms with E-state index < -0.39 is 0 Å². The van der Waals surface area contributed by atoms with E-state index in [0.29, 0.717) is 5.03 Å². The van der Waals surface area contributed by atoms with Crippen LogP contribution >= 0.6 is 23.1 Å². The van der Waals surface area contributed by atoms with E-state index in [4.69, 9.17) is 5.73 Å². The van der Waals surface area contributed by atoms with Gasteiger partial charge in [-0.15, -0.1) is 21.5 Å². The van der Waals surface area contributed by atoms with Gasteiger partial charge in [0.05, 0.1) is 15.5 Å². The summed E-state index contributed by atoms with van der Waals surface area (Å²) in [5, 5.41) is 10.2. The Kier molecular flexibility index (Phi) is 4.08. The maximum absolute atomic E-state index is 11.0. The molecule has 3 rings (SSSR count). The number of thioether (sulfide) groups is 1. The van der Waals surface area contributed by atoms with Crippen LogP contribution in [0, 0.1) is 13.8 Å². The fourth-order valence-electron chi connectivity index (χ4n) is 2.06. The molecule has 0 aliphatic carbocycles. The third kappa shape index (κ3) is 2.95. The van der Waals surface area contributed by atoms with Crippen LogP contribution in [0.5, 0.6) is 0 Å². The van der Waals surface area contributed by atoms with Gasteiger partial charge < -0.3 is 5.73 Å². The normalized spacial score (nSPS) is 11.0. The first-order valence-corrected chi connectivity index (χ1v) is 8.47. The summed E-state index contributed by atoms with van der Waals surface area (Å²) in [6.45, 7) is 4.00. The largest absolute Gasteiger partial charge is 0.369 e. The second-order valence-corrected chi connectivity index (χ2v) is 7.05. The van der Waals surface area contributed by atoms with Gasteiger partial charge in [0.2, 0.25) is 5.91 Å². The van der Waals surface area contributed by atoms with Gasteiger partial charge in [-0.25, -0.2) is 4.98 Å². The first kappa shape index (κ1) is 14.9. The Morgan fingerprint density at radius 1 is 1.23 bits per heavy atom. The number of aromatic nitrogens is 3. The molecule has 1 aromatic carbocycles. The topological polar surface area (TPSA) is 81.8 Å². The average molecular weight is 330 g/mol. The second kappa shape index (κ2) is 6.02. The van der Waals surface area contributed by atoms with Gasteiger partial charge in [0.15, 0.2) is 0 Å². The van der Waals surface area contributed by atoms with Crippen molar-refractivity contribution in [3.8, 4) is 11.3 Å². The molecule has 2 heterocycles. The van der Waals surface area contributed by atoms with Crippen molar-refractivity contribution in [1.29, 1.82) is 0 Å². The molecule has 0 saturated carbocycles. The Balaban J connectivity index is 2.11. The van der Waals surface area contributed by atoms with E-state index >= 15 is 0 Å². The minimum Gasteiger partial charge on any atom is -0.369 e. The van der Waals surface area contributed by atoms with Gasteiger partial charge in [0, 0.05) is 5.56 Å². The van der Waals surface area contributed by atoms with E-state index in [9.17, 15) is 4.79 Å². The number of carbonyl (C=O) groups excluding carboxylic acids is 1. The van der Waals surface area contributed by atoms with Crippen molar-refractivity contribution in [2.75, 3.05) is 5.75 Å². The number of fused-ring (bicyclic) bond motifs is 1. The lowest BCUT2D eigenvalue weighted by Crippen LogP contribution is -2.13. The lowest BCUT2D eigenvalue weighted by molar-refractivity contribution is -0.115. The van der Waals surface area contributed by atoms with Crippen LogP contribution in [0.4, 0.5) is 0 Å². The highest BCUT2D eigenvalue weighted by Gasteiger charge is 2.16. The molecule has 3 aromatic rings. The first-order valence-electron chi connectivity index (χ1n) is 6.66. The average Bonchev–Trinajstić information content (AvgIpc) is 2.87. The number of rotatable bonds is 4. The summed E-state index contributed by atoms with van der Waals surface area (Å²) in [7, 11) is 0. The van der Waals surface area contributed by atoms with Gasteiger partial charge >= 0.3 is 0 Å². The number of nitrogens with zero attached hydrogens (tertiary/aromatic N) is 3.